The van der Waals surface area contributed by atoms with Gasteiger partial charge in [0.2, 0.25) is 0 Å². The van der Waals surface area contributed by atoms with Crippen molar-refractivity contribution in [1.29, 1.82) is 0 Å². The standard InChI is InChI=1S/C75H110O6/c1-4-7-10-13-16-19-22-25-27-29-31-32-33-34-35-36-37-38-39-40-41-42-44-45-47-50-53-56-59-62-65-68-74(77)80-71-72(70-79-73(76)67-64-61-58-55-52-49-24-21-18-15-12-9-6-3)81-75(78)69-66-63-60-57-54-51-48-46-43-30-28-26-23-20-17-14-11-8-5-2/h7-12,16-21,25-28,31-32,34-35,37-38,40-41,43-46,49-54,58,61,72H,4-6,13-15,22-24,29-30,33,36,39,42,47-48,55-57,59-60,62-71H2,1-3H3/b10-7-,11-8-,12-9-,19-16-,20-17-,21-18-,27-25-,28-26-,32-31-,35-34-,38-37-,41-40-,45-44-,46-43-,52-49-,53-50-,54-51-,61-58-. The molecule has 81 heavy (non-hydrogen) atoms. The molecule has 0 heterocycles. The fraction of sp³-hybridized carbons (Fsp3) is 0.480. The van der Waals surface area contributed by atoms with Crippen LogP contribution in [0, 0.1) is 0 Å². The number of ether oxygens (including phenoxy) is 3. The Labute approximate surface area is 495 Å². The van der Waals surface area contributed by atoms with E-state index in [4.69, 9.17) is 14.2 Å². The molecule has 0 saturated heterocycles. The third kappa shape index (κ3) is 64.4. The Kier molecular flexibility index (Phi) is 61.1. The van der Waals surface area contributed by atoms with E-state index in [0.717, 1.165) is 154 Å². The van der Waals surface area contributed by atoms with Gasteiger partial charge in [-0.15, -0.1) is 0 Å². The number of allylic oxidation sites excluding steroid dienone is 36. The highest BCUT2D eigenvalue weighted by Crippen LogP contribution is 2.11. The molecule has 0 fully saturated rings. The molecule has 446 valence electrons. The van der Waals surface area contributed by atoms with Gasteiger partial charge < -0.3 is 14.2 Å². The molecule has 0 spiro atoms. The van der Waals surface area contributed by atoms with Gasteiger partial charge in [0.25, 0.3) is 0 Å². The molecular formula is C75H110O6. The molecule has 0 aromatic rings. The van der Waals surface area contributed by atoms with Crippen LogP contribution < -0.4 is 0 Å². The summed E-state index contributed by atoms with van der Waals surface area (Å²) in [6, 6.07) is 0. The number of carbonyl (C=O) groups is 3. The van der Waals surface area contributed by atoms with Crippen molar-refractivity contribution in [3.8, 4) is 0 Å². The Morgan fingerprint density at radius 3 is 0.741 bits per heavy atom. The number of carbonyl (C=O) groups excluding carboxylic acids is 3. The van der Waals surface area contributed by atoms with Gasteiger partial charge in [0, 0.05) is 19.3 Å². The Morgan fingerprint density at radius 2 is 0.469 bits per heavy atom. The van der Waals surface area contributed by atoms with Gasteiger partial charge in [0.05, 0.1) is 0 Å². The minimum absolute atomic E-state index is 0.145. The third-order valence-electron chi connectivity index (χ3n) is 12.0. The SMILES string of the molecule is CC/C=C\C/C=C\C/C=C\C/C=C\C/C=C\C/C=C\C/C=C\C/C=C\C/C=C\CCCCCC(=O)OCC(COC(=O)CC/C=C\C/C=C\C/C=C\C/C=C\CC)OC(=O)CCCCC/C=C\C/C=C\C/C=C\C/C=C\C/C=C\CC. The average Bonchev–Trinajstić information content (AvgIpc) is 3.46. The van der Waals surface area contributed by atoms with Crippen LogP contribution >= 0.6 is 0 Å². The highest BCUT2D eigenvalue weighted by Gasteiger charge is 2.19. The van der Waals surface area contributed by atoms with E-state index in [1.54, 1.807) is 0 Å². The number of hydrogen-bond donors (Lipinski definition) is 0. The van der Waals surface area contributed by atoms with Crippen LogP contribution in [-0.2, 0) is 28.6 Å². The molecule has 1 unspecified atom stereocenters. The van der Waals surface area contributed by atoms with E-state index in [1.807, 2.05) is 12.2 Å². The predicted molar refractivity (Wildman–Crippen MR) is 352 cm³/mol. The minimum Gasteiger partial charge on any atom is -0.462 e. The average molecular weight is 1110 g/mol. The van der Waals surface area contributed by atoms with Gasteiger partial charge in [-0.25, -0.2) is 0 Å². The van der Waals surface area contributed by atoms with Gasteiger partial charge in [-0.1, -0.05) is 252 Å². The summed E-state index contributed by atoms with van der Waals surface area (Å²) in [7, 11) is 0. The molecule has 0 aliphatic carbocycles. The van der Waals surface area contributed by atoms with Crippen LogP contribution in [0.2, 0.25) is 0 Å². The number of esters is 3. The van der Waals surface area contributed by atoms with Crippen LogP contribution in [0.1, 0.15) is 213 Å². The van der Waals surface area contributed by atoms with Crippen molar-refractivity contribution in [3.63, 3.8) is 0 Å². The minimum atomic E-state index is -0.854. The number of unbranched alkanes of at least 4 members (excludes halogenated alkanes) is 6. The van der Waals surface area contributed by atoms with E-state index < -0.39 is 6.10 Å². The van der Waals surface area contributed by atoms with Gasteiger partial charge >= 0.3 is 17.9 Å². The molecule has 0 saturated carbocycles. The molecule has 0 radical (unpaired) electrons. The van der Waals surface area contributed by atoms with E-state index in [2.05, 4.69) is 227 Å². The van der Waals surface area contributed by atoms with Gasteiger partial charge in [0.1, 0.15) is 13.2 Å². The highest BCUT2D eigenvalue weighted by molar-refractivity contribution is 5.71. The van der Waals surface area contributed by atoms with Crippen molar-refractivity contribution < 1.29 is 28.6 Å². The summed E-state index contributed by atoms with van der Waals surface area (Å²) in [5, 5.41) is 0. The fourth-order valence-electron chi connectivity index (χ4n) is 7.41. The van der Waals surface area contributed by atoms with E-state index in [0.29, 0.717) is 19.3 Å². The van der Waals surface area contributed by atoms with E-state index >= 15 is 0 Å². The first-order valence-corrected chi connectivity index (χ1v) is 31.2. The quantitative estimate of drug-likeness (QED) is 0.0261. The van der Waals surface area contributed by atoms with Gasteiger partial charge in [-0.3, -0.25) is 14.4 Å². The highest BCUT2D eigenvalue weighted by atomic mass is 16.6. The zero-order chi connectivity index (χ0) is 58.5. The second-order valence-electron chi connectivity index (χ2n) is 19.5. The molecule has 1 atom stereocenters. The summed E-state index contributed by atoms with van der Waals surface area (Å²) in [5.74, 6) is -1.11. The van der Waals surface area contributed by atoms with E-state index in [-0.39, 0.29) is 50.4 Å². The van der Waals surface area contributed by atoms with E-state index in [1.165, 1.54) is 0 Å². The maximum Gasteiger partial charge on any atom is 0.306 e. The third-order valence-corrected chi connectivity index (χ3v) is 12.0. The summed E-state index contributed by atoms with van der Waals surface area (Å²) in [6.07, 6.45) is 104. The van der Waals surface area contributed by atoms with E-state index in [9.17, 15) is 14.4 Å². The Morgan fingerprint density at radius 1 is 0.247 bits per heavy atom. The lowest BCUT2D eigenvalue weighted by molar-refractivity contribution is -0.166. The number of hydrogen-bond acceptors (Lipinski definition) is 6. The van der Waals surface area contributed by atoms with Crippen molar-refractivity contribution in [3.05, 3.63) is 219 Å². The van der Waals surface area contributed by atoms with Crippen LogP contribution in [0.5, 0.6) is 0 Å². The molecule has 6 nitrogen and oxygen atoms in total. The summed E-state index contributed by atoms with van der Waals surface area (Å²) in [4.78, 5) is 38.2. The lowest BCUT2D eigenvalue weighted by Crippen LogP contribution is -2.30. The van der Waals surface area contributed by atoms with Crippen molar-refractivity contribution in [2.24, 2.45) is 0 Å². The van der Waals surface area contributed by atoms with Crippen LogP contribution in [0.4, 0.5) is 0 Å². The summed E-state index contributed by atoms with van der Waals surface area (Å²) in [6.45, 7) is 6.14. The molecule has 6 heteroatoms. The zero-order valence-electron chi connectivity index (χ0n) is 50.9. The molecule has 0 aromatic carbocycles. The summed E-state index contributed by atoms with van der Waals surface area (Å²) >= 11 is 0. The Hall–Kier alpha value is -6.27. The van der Waals surface area contributed by atoms with Gasteiger partial charge in [-0.05, 0) is 161 Å². The normalized spacial score (nSPS) is 13.7. The molecule has 0 aromatic heterocycles. The van der Waals surface area contributed by atoms with Crippen LogP contribution in [-0.4, -0.2) is 37.2 Å². The zero-order valence-corrected chi connectivity index (χ0v) is 50.9. The topological polar surface area (TPSA) is 78.9 Å². The maximum absolute atomic E-state index is 12.9. The first-order chi connectivity index (χ1) is 40.0. The smallest absolute Gasteiger partial charge is 0.306 e. The van der Waals surface area contributed by atoms with Crippen molar-refractivity contribution in [2.45, 2.75) is 219 Å². The summed E-state index contributed by atoms with van der Waals surface area (Å²) < 4.78 is 16.7. The first kappa shape index (κ1) is 74.7. The second-order valence-corrected chi connectivity index (χ2v) is 19.5. The lowest BCUT2D eigenvalue weighted by Gasteiger charge is -2.18. The summed E-state index contributed by atoms with van der Waals surface area (Å²) in [5.41, 5.74) is 0. The first-order valence-electron chi connectivity index (χ1n) is 31.2. The molecule has 0 bridgehead atoms. The molecule has 0 rings (SSSR count). The van der Waals surface area contributed by atoms with Gasteiger partial charge in [0.15, 0.2) is 6.10 Å². The molecule has 0 N–H and O–H groups in total. The largest absolute Gasteiger partial charge is 0.462 e. The van der Waals surface area contributed by atoms with Gasteiger partial charge in [-0.2, -0.15) is 0 Å². The molecule has 0 aliphatic rings. The van der Waals surface area contributed by atoms with Crippen molar-refractivity contribution in [2.75, 3.05) is 13.2 Å². The van der Waals surface area contributed by atoms with Crippen molar-refractivity contribution in [1.82, 2.24) is 0 Å². The van der Waals surface area contributed by atoms with Crippen LogP contribution in [0.15, 0.2) is 219 Å². The Balaban J connectivity index is 4.53. The maximum atomic E-state index is 12.9. The van der Waals surface area contributed by atoms with Crippen LogP contribution in [0.25, 0.3) is 0 Å². The Bertz CT molecular complexity index is 2050. The molecule has 0 aliphatic heterocycles. The number of rotatable bonds is 53. The monoisotopic (exact) mass is 1110 g/mol. The van der Waals surface area contributed by atoms with Crippen molar-refractivity contribution >= 4 is 17.9 Å². The second kappa shape index (κ2) is 66.2. The van der Waals surface area contributed by atoms with Crippen LogP contribution in [0.3, 0.4) is 0 Å². The lowest BCUT2D eigenvalue weighted by atomic mass is 10.1. The molecule has 0 amide bonds. The predicted octanol–water partition coefficient (Wildman–Crippen LogP) is 21.8. The fourth-order valence-corrected chi connectivity index (χ4v) is 7.41. The molecular weight excluding hydrogens is 997 g/mol.